The van der Waals surface area contributed by atoms with Gasteiger partial charge in [0.15, 0.2) is 0 Å². The summed E-state index contributed by atoms with van der Waals surface area (Å²) in [5.74, 6) is 0.702. The number of benzene rings is 1. The fourth-order valence-electron chi connectivity index (χ4n) is 3.00. The second-order valence-corrected chi connectivity index (χ2v) is 6.80. The van der Waals surface area contributed by atoms with E-state index in [-0.39, 0.29) is 0 Å². The Morgan fingerprint density at radius 2 is 1.86 bits per heavy atom. The van der Waals surface area contributed by atoms with Crippen molar-refractivity contribution in [3.05, 3.63) is 35.9 Å². The molecule has 1 heterocycles. The van der Waals surface area contributed by atoms with Crippen LogP contribution >= 0.6 is 0 Å². The van der Waals surface area contributed by atoms with Gasteiger partial charge in [0.2, 0.25) is 0 Å². The molecular formula is C18H31N3. The summed E-state index contributed by atoms with van der Waals surface area (Å²) in [6.07, 6.45) is 0. The van der Waals surface area contributed by atoms with Crippen LogP contribution in [-0.2, 0) is 0 Å². The maximum absolute atomic E-state index is 3.65. The highest BCUT2D eigenvalue weighted by Crippen LogP contribution is 2.23. The Kier molecular flexibility index (Phi) is 6.22. The summed E-state index contributed by atoms with van der Waals surface area (Å²) in [6.45, 7) is 12.5. The van der Waals surface area contributed by atoms with Crippen LogP contribution in [0.5, 0.6) is 0 Å². The van der Waals surface area contributed by atoms with E-state index in [9.17, 15) is 0 Å². The molecule has 0 saturated carbocycles. The molecule has 21 heavy (non-hydrogen) atoms. The Morgan fingerprint density at radius 1 is 1.14 bits per heavy atom. The lowest BCUT2D eigenvalue weighted by molar-refractivity contribution is 0.0708. The largest absolute Gasteiger partial charge is 0.315 e. The van der Waals surface area contributed by atoms with Crippen molar-refractivity contribution in [2.45, 2.75) is 32.9 Å². The van der Waals surface area contributed by atoms with Gasteiger partial charge < -0.3 is 10.2 Å². The van der Waals surface area contributed by atoms with E-state index in [0.717, 1.165) is 32.7 Å². The van der Waals surface area contributed by atoms with E-state index in [0.29, 0.717) is 18.0 Å². The smallest absolute Gasteiger partial charge is 0.0473 e. The molecule has 2 atom stereocenters. The molecular weight excluding hydrogens is 258 g/mol. The van der Waals surface area contributed by atoms with Crippen molar-refractivity contribution in [1.82, 2.24) is 15.1 Å². The molecule has 2 rings (SSSR count). The Balaban J connectivity index is 2.04. The number of hydrogen-bond acceptors (Lipinski definition) is 3. The van der Waals surface area contributed by atoms with E-state index < -0.39 is 0 Å². The molecule has 3 heteroatoms. The zero-order valence-corrected chi connectivity index (χ0v) is 14.0. The highest BCUT2D eigenvalue weighted by Gasteiger charge is 2.27. The topological polar surface area (TPSA) is 18.5 Å². The Hall–Kier alpha value is -0.900. The van der Waals surface area contributed by atoms with Gasteiger partial charge >= 0.3 is 0 Å². The fraction of sp³-hybridized carbons (Fsp3) is 0.667. The molecule has 118 valence electrons. The second-order valence-electron chi connectivity index (χ2n) is 6.80. The molecule has 0 aromatic heterocycles. The molecule has 0 aliphatic carbocycles. The molecule has 3 nitrogen and oxygen atoms in total. The normalized spacial score (nSPS) is 22.6. The van der Waals surface area contributed by atoms with Gasteiger partial charge in [0, 0.05) is 38.3 Å². The number of rotatable bonds is 6. The predicted molar refractivity (Wildman–Crippen MR) is 90.6 cm³/mol. The molecule has 2 unspecified atom stereocenters. The van der Waals surface area contributed by atoms with Crippen LogP contribution in [0.3, 0.4) is 0 Å². The lowest BCUT2D eigenvalue weighted by atomic mass is 10.0. The molecule has 1 saturated heterocycles. The summed E-state index contributed by atoms with van der Waals surface area (Å²) < 4.78 is 0. The molecule has 0 amide bonds. The van der Waals surface area contributed by atoms with Gasteiger partial charge in [-0.25, -0.2) is 0 Å². The number of nitrogens with zero attached hydrogens (tertiary/aromatic N) is 2. The zero-order chi connectivity index (χ0) is 15.2. The summed E-state index contributed by atoms with van der Waals surface area (Å²) in [5, 5.41) is 3.65. The zero-order valence-electron chi connectivity index (χ0n) is 14.0. The lowest BCUT2D eigenvalue weighted by Crippen LogP contribution is -2.52. The number of likely N-dealkylation sites (N-methyl/N-ethyl adjacent to an activating group) is 1. The average molecular weight is 289 g/mol. The van der Waals surface area contributed by atoms with Crippen molar-refractivity contribution < 1.29 is 0 Å². The summed E-state index contributed by atoms with van der Waals surface area (Å²) in [5.41, 5.74) is 1.44. The molecule has 0 spiro atoms. The van der Waals surface area contributed by atoms with Crippen molar-refractivity contribution in [1.29, 1.82) is 0 Å². The van der Waals surface area contributed by atoms with Crippen LogP contribution in [0, 0.1) is 5.92 Å². The van der Waals surface area contributed by atoms with Crippen molar-refractivity contribution in [3.63, 3.8) is 0 Å². The number of nitrogens with one attached hydrogen (secondary N) is 1. The molecule has 1 fully saturated rings. The number of hydrogen-bond donors (Lipinski definition) is 1. The molecule has 1 aromatic rings. The molecule has 1 aromatic carbocycles. The standard InChI is InChI=1S/C18H31N3/c1-15(2)12-19-13-18(17-8-6-5-7-9-17)21-11-10-20(4)16(3)14-21/h5-9,15-16,18-19H,10-14H2,1-4H3. The first-order chi connectivity index (χ1) is 10.1. The van der Waals surface area contributed by atoms with Gasteiger partial charge in [0.1, 0.15) is 0 Å². The summed E-state index contributed by atoms with van der Waals surface area (Å²) in [4.78, 5) is 5.10. The summed E-state index contributed by atoms with van der Waals surface area (Å²) in [6, 6.07) is 12.1. The third kappa shape index (κ3) is 4.80. The van der Waals surface area contributed by atoms with E-state index >= 15 is 0 Å². The minimum Gasteiger partial charge on any atom is -0.315 e. The first-order valence-electron chi connectivity index (χ1n) is 8.28. The van der Waals surface area contributed by atoms with Crippen molar-refractivity contribution in [2.24, 2.45) is 5.92 Å². The van der Waals surface area contributed by atoms with Crippen LogP contribution in [0.25, 0.3) is 0 Å². The van der Waals surface area contributed by atoms with Crippen LogP contribution in [0.4, 0.5) is 0 Å². The van der Waals surface area contributed by atoms with E-state index in [2.05, 4.69) is 73.3 Å². The Bertz CT molecular complexity index is 404. The van der Waals surface area contributed by atoms with Gasteiger partial charge in [-0.05, 0) is 32.0 Å². The second kappa shape index (κ2) is 7.92. The first kappa shape index (κ1) is 16.5. The van der Waals surface area contributed by atoms with Gasteiger partial charge in [-0.3, -0.25) is 4.90 Å². The minimum atomic E-state index is 0.487. The maximum Gasteiger partial charge on any atom is 0.0473 e. The molecule has 1 aliphatic heterocycles. The predicted octanol–water partition coefficient (Wildman–Crippen LogP) is 2.61. The molecule has 0 bridgehead atoms. The highest BCUT2D eigenvalue weighted by atomic mass is 15.3. The van der Waals surface area contributed by atoms with Crippen molar-refractivity contribution in [3.8, 4) is 0 Å². The SMILES string of the molecule is CC(C)CNCC(c1ccccc1)N1CCN(C)C(C)C1. The van der Waals surface area contributed by atoms with E-state index in [1.54, 1.807) is 0 Å². The maximum atomic E-state index is 3.65. The Morgan fingerprint density at radius 3 is 2.48 bits per heavy atom. The van der Waals surface area contributed by atoms with E-state index in [1.165, 1.54) is 5.56 Å². The molecule has 1 N–H and O–H groups in total. The summed E-state index contributed by atoms with van der Waals surface area (Å²) in [7, 11) is 2.23. The van der Waals surface area contributed by atoms with Crippen molar-refractivity contribution >= 4 is 0 Å². The van der Waals surface area contributed by atoms with Gasteiger partial charge in [0.05, 0.1) is 0 Å². The Labute approximate surface area is 130 Å². The van der Waals surface area contributed by atoms with Crippen molar-refractivity contribution in [2.75, 3.05) is 39.8 Å². The van der Waals surface area contributed by atoms with E-state index in [4.69, 9.17) is 0 Å². The van der Waals surface area contributed by atoms with Gasteiger partial charge in [0.25, 0.3) is 0 Å². The van der Waals surface area contributed by atoms with Crippen LogP contribution in [0.15, 0.2) is 30.3 Å². The van der Waals surface area contributed by atoms with Gasteiger partial charge in [-0.2, -0.15) is 0 Å². The van der Waals surface area contributed by atoms with Crippen LogP contribution in [0.1, 0.15) is 32.4 Å². The lowest BCUT2D eigenvalue weighted by Gasteiger charge is -2.42. The van der Waals surface area contributed by atoms with Crippen LogP contribution in [0.2, 0.25) is 0 Å². The highest BCUT2D eigenvalue weighted by molar-refractivity contribution is 5.19. The quantitative estimate of drug-likeness (QED) is 0.868. The third-order valence-electron chi connectivity index (χ3n) is 4.51. The van der Waals surface area contributed by atoms with Gasteiger partial charge in [-0.15, -0.1) is 0 Å². The molecule has 0 radical (unpaired) electrons. The monoisotopic (exact) mass is 289 g/mol. The summed E-state index contributed by atoms with van der Waals surface area (Å²) >= 11 is 0. The number of piperazine rings is 1. The van der Waals surface area contributed by atoms with Crippen LogP contribution < -0.4 is 5.32 Å². The average Bonchev–Trinajstić information content (AvgIpc) is 2.47. The first-order valence-corrected chi connectivity index (χ1v) is 8.28. The molecule has 1 aliphatic rings. The fourth-order valence-corrected chi connectivity index (χ4v) is 3.00. The minimum absolute atomic E-state index is 0.487. The van der Waals surface area contributed by atoms with E-state index in [1.807, 2.05) is 0 Å². The van der Waals surface area contributed by atoms with Crippen LogP contribution in [-0.4, -0.2) is 55.6 Å². The van der Waals surface area contributed by atoms with Gasteiger partial charge in [-0.1, -0.05) is 44.2 Å². The third-order valence-corrected chi connectivity index (χ3v) is 4.51.